The Morgan fingerprint density at radius 3 is 2.35 bits per heavy atom. The summed E-state index contributed by atoms with van der Waals surface area (Å²) in [5.41, 5.74) is 10.7. The van der Waals surface area contributed by atoms with Crippen LogP contribution in [0.2, 0.25) is 10.0 Å². The number of hydrogen-bond donors (Lipinski definition) is 1. The molecule has 4 rings (SSSR count). The summed E-state index contributed by atoms with van der Waals surface area (Å²) in [6.45, 7) is 0. The quantitative estimate of drug-likeness (QED) is 0.436. The number of nitrogen functional groups attached to an aromatic ring is 1. The minimum atomic E-state index is 0.501. The highest BCUT2D eigenvalue weighted by Gasteiger charge is 2.12. The molecule has 0 bridgehead atoms. The number of fused-ring (bicyclic) bond motifs is 1. The maximum Gasteiger partial charge on any atom is 0.227 e. The van der Waals surface area contributed by atoms with Gasteiger partial charge >= 0.3 is 0 Å². The first-order chi connectivity index (χ1) is 12.5. The van der Waals surface area contributed by atoms with E-state index in [-0.39, 0.29) is 0 Å². The summed E-state index contributed by atoms with van der Waals surface area (Å²) in [7, 11) is 1.58. The number of rotatable bonds is 3. The molecule has 0 atom stereocenters. The van der Waals surface area contributed by atoms with Gasteiger partial charge in [-0.15, -0.1) is 0 Å². The Morgan fingerprint density at radius 2 is 1.62 bits per heavy atom. The van der Waals surface area contributed by atoms with Crippen molar-refractivity contribution in [2.24, 2.45) is 0 Å². The smallest absolute Gasteiger partial charge is 0.227 e. The highest BCUT2D eigenvalue weighted by Crippen LogP contribution is 2.33. The summed E-state index contributed by atoms with van der Waals surface area (Å²) in [4.78, 5) is 4.58. The maximum atomic E-state index is 6.12. The van der Waals surface area contributed by atoms with E-state index in [0.29, 0.717) is 33.0 Å². The summed E-state index contributed by atoms with van der Waals surface area (Å²) < 4.78 is 11.0. The molecule has 130 valence electrons. The van der Waals surface area contributed by atoms with Crippen LogP contribution in [0.4, 0.5) is 5.69 Å². The van der Waals surface area contributed by atoms with Crippen LogP contribution in [0.5, 0.6) is 5.75 Å². The third-order valence-electron chi connectivity index (χ3n) is 4.12. The number of aromatic nitrogens is 1. The van der Waals surface area contributed by atoms with Crippen molar-refractivity contribution in [1.82, 2.24) is 4.98 Å². The van der Waals surface area contributed by atoms with E-state index in [1.165, 1.54) is 0 Å². The van der Waals surface area contributed by atoms with Crippen LogP contribution in [0, 0.1) is 0 Å². The molecule has 4 aromatic rings. The zero-order valence-electron chi connectivity index (χ0n) is 13.8. The van der Waals surface area contributed by atoms with E-state index in [0.717, 1.165) is 22.2 Å². The monoisotopic (exact) mass is 384 g/mol. The van der Waals surface area contributed by atoms with Crippen LogP contribution in [0.3, 0.4) is 0 Å². The number of methoxy groups -OCH3 is 1. The molecule has 0 fully saturated rings. The van der Waals surface area contributed by atoms with Crippen molar-refractivity contribution >= 4 is 40.0 Å². The van der Waals surface area contributed by atoms with Crippen LogP contribution >= 0.6 is 23.2 Å². The molecule has 4 nitrogen and oxygen atoms in total. The highest BCUT2D eigenvalue weighted by atomic mass is 35.5. The van der Waals surface area contributed by atoms with Crippen LogP contribution in [-0.2, 0) is 0 Å². The molecular formula is C20H14Cl2N2O2. The summed E-state index contributed by atoms with van der Waals surface area (Å²) in [6, 6.07) is 16.8. The van der Waals surface area contributed by atoms with Crippen molar-refractivity contribution in [2.45, 2.75) is 0 Å². The molecule has 0 amide bonds. The number of ether oxygens (including phenoxy) is 1. The number of halogens is 2. The maximum absolute atomic E-state index is 6.12. The van der Waals surface area contributed by atoms with Crippen LogP contribution in [0.25, 0.3) is 33.7 Å². The summed E-state index contributed by atoms with van der Waals surface area (Å²) >= 11 is 12.1. The van der Waals surface area contributed by atoms with Gasteiger partial charge in [0.1, 0.15) is 11.3 Å². The van der Waals surface area contributed by atoms with Gasteiger partial charge in [-0.05, 0) is 53.6 Å². The normalized spacial score (nSPS) is 11.0. The molecule has 0 aliphatic carbocycles. The predicted molar refractivity (Wildman–Crippen MR) is 106 cm³/mol. The molecule has 0 spiro atoms. The Balaban J connectivity index is 1.76. The molecule has 26 heavy (non-hydrogen) atoms. The molecule has 3 aromatic carbocycles. The van der Waals surface area contributed by atoms with Gasteiger partial charge in [0.25, 0.3) is 0 Å². The second-order valence-electron chi connectivity index (χ2n) is 5.79. The minimum Gasteiger partial charge on any atom is -0.495 e. The Hall–Kier alpha value is -2.69. The van der Waals surface area contributed by atoms with E-state index in [9.17, 15) is 0 Å². The largest absolute Gasteiger partial charge is 0.495 e. The number of nitrogens with zero attached hydrogens (tertiary/aromatic N) is 1. The number of nitrogens with two attached hydrogens (primary N) is 1. The Kier molecular flexibility index (Phi) is 4.23. The van der Waals surface area contributed by atoms with Crippen molar-refractivity contribution < 1.29 is 9.15 Å². The van der Waals surface area contributed by atoms with Crippen molar-refractivity contribution in [2.75, 3.05) is 12.8 Å². The fourth-order valence-electron chi connectivity index (χ4n) is 2.77. The number of anilines is 1. The SMILES string of the molecule is COc1ccc(-c2nc3cc(-c4ccc(Cl)c(Cl)c4)ccc3o2)cc1N. The lowest BCUT2D eigenvalue weighted by molar-refractivity contribution is 0.417. The predicted octanol–water partition coefficient (Wildman–Crippen LogP) is 6.06. The first-order valence-corrected chi connectivity index (χ1v) is 8.60. The van der Waals surface area contributed by atoms with E-state index < -0.39 is 0 Å². The lowest BCUT2D eigenvalue weighted by Crippen LogP contribution is -1.92. The summed E-state index contributed by atoms with van der Waals surface area (Å²) in [6.07, 6.45) is 0. The number of benzene rings is 3. The van der Waals surface area contributed by atoms with Gasteiger partial charge in [-0.2, -0.15) is 0 Å². The first-order valence-electron chi connectivity index (χ1n) is 7.85. The number of hydrogen-bond acceptors (Lipinski definition) is 4. The van der Waals surface area contributed by atoms with Gasteiger partial charge in [0.2, 0.25) is 5.89 Å². The van der Waals surface area contributed by atoms with Gasteiger partial charge in [-0.3, -0.25) is 0 Å². The molecule has 1 heterocycles. The topological polar surface area (TPSA) is 61.3 Å². The van der Waals surface area contributed by atoms with E-state index in [1.54, 1.807) is 25.3 Å². The van der Waals surface area contributed by atoms with Gasteiger partial charge in [-0.25, -0.2) is 4.98 Å². The van der Waals surface area contributed by atoms with Crippen molar-refractivity contribution in [3.63, 3.8) is 0 Å². The van der Waals surface area contributed by atoms with Crippen molar-refractivity contribution in [3.05, 3.63) is 64.6 Å². The third-order valence-corrected chi connectivity index (χ3v) is 4.86. The van der Waals surface area contributed by atoms with Gasteiger partial charge < -0.3 is 14.9 Å². The summed E-state index contributed by atoms with van der Waals surface area (Å²) in [5.74, 6) is 1.12. The fraction of sp³-hybridized carbons (Fsp3) is 0.0500. The molecule has 1 aromatic heterocycles. The highest BCUT2D eigenvalue weighted by molar-refractivity contribution is 6.42. The third kappa shape index (κ3) is 2.98. The van der Waals surface area contributed by atoms with Crippen LogP contribution in [0.1, 0.15) is 0 Å². The van der Waals surface area contributed by atoms with Gasteiger partial charge in [0.15, 0.2) is 5.58 Å². The van der Waals surface area contributed by atoms with Crippen molar-refractivity contribution in [1.29, 1.82) is 0 Å². The fourth-order valence-corrected chi connectivity index (χ4v) is 3.07. The number of oxazole rings is 1. The molecular weight excluding hydrogens is 371 g/mol. The van der Waals surface area contributed by atoms with Crippen LogP contribution < -0.4 is 10.5 Å². The molecule has 0 saturated carbocycles. The second kappa shape index (κ2) is 6.56. The Labute approximate surface area is 160 Å². The summed E-state index contributed by atoms with van der Waals surface area (Å²) in [5, 5.41) is 1.04. The zero-order chi connectivity index (χ0) is 18.3. The van der Waals surface area contributed by atoms with Crippen molar-refractivity contribution in [3.8, 4) is 28.3 Å². The van der Waals surface area contributed by atoms with Gasteiger partial charge in [0, 0.05) is 5.56 Å². The van der Waals surface area contributed by atoms with E-state index in [4.69, 9.17) is 38.1 Å². The Morgan fingerprint density at radius 1 is 0.885 bits per heavy atom. The van der Waals surface area contributed by atoms with E-state index >= 15 is 0 Å². The van der Waals surface area contributed by atoms with Gasteiger partial charge in [-0.1, -0.05) is 35.3 Å². The standard InChI is InChI=1S/C20H14Cl2N2O2/c1-25-18-6-4-13(9-16(18)23)20-24-17-10-12(3-7-19(17)26-20)11-2-5-14(21)15(22)8-11/h2-10H,23H2,1H3. The average Bonchev–Trinajstić information content (AvgIpc) is 3.07. The molecule has 0 saturated heterocycles. The molecule has 0 aliphatic heterocycles. The minimum absolute atomic E-state index is 0.501. The molecule has 0 radical (unpaired) electrons. The lowest BCUT2D eigenvalue weighted by atomic mass is 10.1. The van der Waals surface area contributed by atoms with Crippen LogP contribution in [-0.4, -0.2) is 12.1 Å². The molecule has 0 aliphatic rings. The lowest BCUT2D eigenvalue weighted by Gasteiger charge is -2.04. The molecule has 2 N–H and O–H groups in total. The zero-order valence-corrected chi connectivity index (χ0v) is 15.3. The molecule has 0 unspecified atom stereocenters. The second-order valence-corrected chi connectivity index (χ2v) is 6.60. The van der Waals surface area contributed by atoms with E-state index in [1.807, 2.05) is 36.4 Å². The van der Waals surface area contributed by atoms with Gasteiger partial charge in [0.05, 0.1) is 22.8 Å². The first kappa shape index (κ1) is 16.8. The van der Waals surface area contributed by atoms with E-state index in [2.05, 4.69) is 4.98 Å². The average molecular weight is 385 g/mol. The Bertz CT molecular complexity index is 1120. The molecule has 6 heteroatoms. The van der Waals surface area contributed by atoms with Crippen LogP contribution in [0.15, 0.2) is 59.0 Å².